The van der Waals surface area contributed by atoms with Gasteiger partial charge in [-0.1, -0.05) is 53.5 Å². The maximum atomic E-state index is 12.4. The second-order valence-corrected chi connectivity index (χ2v) is 7.90. The van der Waals surface area contributed by atoms with Crippen molar-refractivity contribution in [2.45, 2.75) is 6.61 Å². The number of halogens is 3. The van der Waals surface area contributed by atoms with Crippen molar-refractivity contribution in [2.24, 2.45) is 0 Å². The van der Waals surface area contributed by atoms with Gasteiger partial charge in [-0.2, -0.15) is 5.26 Å². The molecule has 0 unspecified atom stereocenters. The van der Waals surface area contributed by atoms with E-state index in [0.717, 1.165) is 5.56 Å². The van der Waals surface area contributed by atoms with Crippen LogP contribution in [0.25, 0.3) is 6.08 Å². The Bertz CT molecular complexity index is 1160. The van der Waals surface area contributed by atoms with Crippen molar-refractivity contribution in [3.8, 4) is 11.8 Å². The molecule has 150 valence electrons. The Morgan fingerprint density at radius 1 is 1.10 bits per heavy atom. The molecule has 7 heteroatoms. The van der Waals surface area contributed by atoms with Gasteiger partial charge in [0, 0.05) is 21.3 Å². The molecule has 1 amide bonds. The molecule has 0 heterocycles. The molecule has 0 aliphatic rings. The number of benzene rings is 3. The van der Waals surface area contributed by atoms with E-state index in [9.17, 15) is 10.1 Å². The van der Waals surface area contributed by atoms with E-state index in [1.807, 2.05) is 24.3 Å². The van der Waals surface area contributed by atoms with Crippen LogP contribution < -0.4 is 10.1 Å². The van der Waals surface area contributed by atoms with Gasteiger partial charge in [-0.3, -0.25) is 4.79 Å². The van der Waals surface area contributed by atoms with Crippen LogP contribution in [0.2, 0.25) is 10.0 Å². The minimum atomic E-state index is -0.519. The summed E-state index contributed by atoms with van der Waals surface area (Å²) in [7, 11) is 0. The van der Waals surface area contributed by atoms with E-state index in [4.69, 9.17) is 27.9 Å². The third-order valence-electron chi connectivity index (χ3n) is 4.06. The first-order valence-corrected chi connectivity index (χ1v) is 10.4. The fourth-order valence-corrected chi connectivity index (χ4v) is 3.47. The van der Waals surface area contributed by atoms with Gasteiger partial charge >= 0.3 is 0 Å². The molecule has 0 aliphatic heterocycles. The summed E-state index contributed by atoms with van der Waals surface area (Å²) in [4.78, 5) is 12.4. The molecular weight excluding hydrogens is 487 g/mol. The molecule has 4 nitrogen and oxygen atoms in total. The molecule has 0 spiro atoms. The Kier molecular flexibility index (Phi) is 7.53. The number of hydrogen-bond acceptors (Lipinski definition) is 3. The van der Waals surface area contributed by atoms with Crippen molar-refractivity contribution in [3.63, 3.8) is 0 Å². The standard InChI is InChI=1S/C23H15BrCl2N2O2/c24-20-11-15(8-9-22(20)30-14-16-4-1-2-7-21(16)26)10-17(13-27)23(29)28-19-6-3-5-18(25)12-19/h1-12H,14H2,(H,28,29)/b17-10+. The minimum Gasteiger partial charge on any atom is -0.488 e. The Labute approximate surface area is 192 Å². The Morgan fingerprint density at radius 3 is 2.60 bits per heavy atom. The summed E-state index contributed by atoms with van der Waals surface area (Å²) in [5.74, 6) is 0.101. The highest BCUT2D eigenvalue weighted by Gasteiger charge is 2.11. The third kappa shape index (κ3) is 5.87. The first kappa shape index (κ1) is 21.9. The molecule has 0 saturated carbocycles. The number of nitriles is 1. The Balaban J connectivity index is 1.72. The minimum absolute atomic E-state index is 0.0355. The maximum Gasteiger partial charge on any atom is 0.266 e. The van der Waals surface area contributed by atoms with Crippen molar-refractivity contribution in [3.05, 3.63) is 97.9 Å². The van der Waals surface area contributed by atoms with Crippen LogP contribution in [-0.2, 0) is 11.4 Å². The lowest BCUT2D eigenvalue weighted by Gasteiger charge is -2.10. The number of nitrogens with one attached hydrogen (secondary N) is 1. The first-order chi connectivity index (χ1) is 14.5. The van der Waals surface area contributed by atoms with E-state index >= 15 is 0 Å². The van der Waals surface area contributed by atoms with Crippen LogP contribution in [0.5, 0.6) is 5.75 Å². The molecule has 3 aromatic rings. The highest BCUT2D eigenvalue weighted by molar-refractivity contribution is 9.10. The second kappa shape index (κ2) is 10.3. The zero-order valence-electron chi connectivity index (χ0n) is 15.5. The number of nitrogens with zero attached hydrogens (tertiary/aromatic N) is 1. The molecule has 0 bridgehead atoms. The van der Waals surface area contributed by atoms with Gasteiger partial charge < -0.3 is 10.1 Å². The van der Waals surface area contributed by atoms with E-state index in [-0.39, 0.29) is 5.57 Å². The largest absolute Gasteiger partial charge is 0.488 e. The summed E-state index contributed by atoms with van der Waals surface area (Å²) in [5.41, 5.74) is 2.02. The summed E-state index contributed by atoms with van der Waals surface area (Å²) in [6.45, 7) is 0.318. The van der Waals surface area contributed by atoms with Gasteiger partial charge in [0.25, 0.3) is 5.91 Å². The van der Waals surface area contributed by atoms with Crippen LogP contribution in [0.15, 0.2) is 76.8 Å². The van der Waals surface area contributed by atoms with E-state index in [1.54, 1.807) is 48.5 Å². The average molecular weight is 502 g/mol. The summed E-state index contributed by atoms with van der Waals surface area (Å²) in [6.07, 6.45) is 1.50. The van der Waals surface area contributed by atoms with Gasteiger partial charge in [0.2, 0.25) is 0 Å². The molecule has 30 heavy (non-hydrogen) atoms. The van der Waals surface area contributed by atoms with Gasteiger partial charge in [-0.15, -0.1) is 0 Å². The SMILES string of the molecule is N#C/C(=C\c1ccc(OCc2ccccc2Cl)c(Br)c1)C(=O)Nc1cccc(Cl)c1. The third-order valence-corrected chi connectivity index (χ3v) is 5.28. The number of carbonyl (C=O) groups excluding carboxylic acids is 1. The zero-order valence-corrected chi connectivity index (χ0v) is 18.6. The van der Waals surface area contributed by atoms with E-state index < -0.39 is 5.91 Å². The number of carbonyl (C=O) groups is 1. The molecule has 0 aliphatic carbocycles. The number of amides is 1. The fraction of sp³-hybridized carbons (Fsp3) is 0.0435. The predicted octanol–water partition coefficient (Wildman–Crippen LogP) is 6.88. The molecule has 1 N–H and O–H groups in total. The maximum absolute atomic E-state index is 12.4. The molecular formula is C23H15BrCl2N2O2. The van der Waals surface area contributed by atoms with E-state index in [0.29, 0.717) is 38.1 Å². The number of anilines is 1. The van der Waals surface area contributed by atoms with Crippen molar-refractivity contribution < 1.29 is 9.53 Å². The molecule has 0 aromatic heterocycles. The second-order valence-electron chi connectivity index (χ2n) is 6.20. The van der Waals surface area contributed by atoms with Crippen molar-refractivity contribution in [1.82, 2.24) is 0 Å². The molecule has 0 saturated heterocycles. The Hall–Kier alpha value is -2.78. The monoisotopic (exact) mass is 500 g/mol. The highest BCUT2D eigenvalue weighted by atomic mass is 79.9. The van der Waals surface area contributed by atoms with Gasteiger partial charge in [0.1, 0.15) is 24.0 Å². The Morgan fingerprint density at radius 2 is 1.90 bits per heavy atom. The van der Waals surface area contributed by atoms with Crippen molar-refractivity contribution in [2.75, 3.05) is 5.32 Å². The average Bonchev–Trinajstić information content (AvgIpc) is 2.72. The number of ether oxygens (including phenoxy) is 1. The summed E-state index contributed by atoms with van der Waals surface area (Å²) >= 11 is 15.5. The summed E-state index contributed by atoms with van der Waals surface area (Å²) in [6, 6.07) is 21.4. The fourth-order valence-electron chi connectivity index (χ4n) is 2.57. The first-order valence-electron chi connectivity index (χ1n) is 8.81. The number of rotatable bonds is 6. The smallest absolute Gasteiger partial charge is 0.266 e. The van der Waals surface area contributed by atoms with Crippen LogP contribution in [0.1, 0.15) is 11.1 Å². The zero-order chi connectivity index (χ0) is 21.5. The number of hydrogen-bond donors (Lipinski definition) is 1. The summed E-state index contributed by atoms with van der Waals surface area (Å²) < 4.78 is 6.51. The van der Waals surface area contributed by atoms with Gasteiger partial charge in [-0.25, -0.2) is 0 Å². The van der Waals surface area contributed by atoms with Gasteiger partial charge in [0.15, 0.2) is 0 Å². The molecule has 0 atom stereocenters. The topological polar surface area (TPSA) is 62.1 Å². The molecule has 3 aromatic carbocycles. The van der Waals surface area contributed by atoms with Crippen LogP contribution >= 0.6 is 39.1 Å². The van der Waals surface area contributed by atoms with Gasteiger partial charge in [0.05, 0.1) is 4.47 Å². The van der Waals surface area contributed by atoms with Crippen LogP contribution in [0.3, 0.4) is 0 Å². The van der Waals surface area contributed by atoms with Crippen LogP contribution in [-0.4, -0.2) is 5.91 Å². The molecule has 0 fully saturated rings. The predicted molar refractivity (Wildman–Crippen MR) is 124 cm³/mol. The van der Waals surface area contributed by atoms with Crippen molar-refractivity contribution in [1.29, 1.82) is 5.26 Å². The molecule has 3 rings (SSSR count). The van der Waals surface area contributed by atoms with Gasteiger partial charge in [-0.05, 0) is 64.0 Å². The van der Waals surface area contributed by atoms with Crippen LogP contribution in [0.4, 0.5) is 5.69 Å². The lowest BCUT2D eigenvalue weighted by Crippen LogP contribution is -2.13. The van der Waals surface area contributed by atoms with E-state index in [1.165, 1.54) is 6.08 Å². The van der Waals surface area contributed by atoms with E-state index in [2.05, 4.69) is 21.2 Å². The quantitative estimate of drug-likeness (QED) is 0.295. The highest BCUT2D eigenvalue weighted by Crippen LogP contribution is 2.28. The van der Waals surface area contributed by atoms with Crippen molar-refractivity contribution >= 4 is 56.8 Å². The van der Waals surface area contributed by atoms with Crippen LogP contribution in [0, 0.1) is 11.3 Å². The lowest BCUT2D eigenvalue weighted by atomic mass is 10.1. The normalized spacial score (nSPS) is 10.9. The lowest BCUT2D eigenvalue weighted by molar-refractivity contribution is -0.112. The molecule has 0 radical (unpaired) electrons. The summed E-state index contributed by atoms with van der Waals surface area (Å²) in [5, 5.41) is 13.2.